The molecule has 1 N–H and O–H groups in total. The third kappa shape index (κ3) is 7.12. The first-order valence-electron chi connectivity index (χ1n) is 7.94. The summed E-state index contributed by atoms with van der Waals surface area (Å²) in [5.74, 6) is 1.47. The smallest absolute Gasteiger partial charge is 0.0699 e. The monoisotopic (exact) mass is 267 g/mol. The van der Waals surface area contributed by atoms with Crippen LogP contribution in [0, 0.1) is 11.8 Å². The summed E-state index contributed by atoms with van der Waals surface area (Å²) in [5, 5.41) is 3.57. The van der Waals surface area contributed by atoms with Crippen molar-refractivity contribution in [2.45, 2.75) is 71.9 Å². The van der Waals surface area contributed by atoms with E-state index in [-0.39, 0.29) is 5.54 Å². The van der Waals surface area contributed by atoms with Gasteiger partial charge in [0, 0.05) is 12.1 Å². The molecule has 0 aromatic rings. The van der Waals surface area contributed by atoms with E-state index in [1.54, 1.807) is 0 Å². The quantitative estimate of drug-likeness (QED) is 0.699. The standard InChI is InChI=1S/C17H33NO/c1-6-9-16(12-18-17(3,4)5)19-13-15-11-8-7-10-14(15)2/h7-8,14-16,18H,6,9-13H2,1-5H3. The SMILES string of the molecule is CCCC(CNC(C)(C)C)OCC1CC=CCC1C. The molecule has 3 atom stereocenters. The number of rotatable bonds is 7. The molecule has 0 aliphatic heterocycles. The molecule has 3 unspecified atom stereocenters. The van der Waals surface area contributed by atoms with Gasteiger partial charge in [-0.15, -0.1) is 0 Å². The van der Waals surface area contributed by atoms with Crippen LogP contribution in [0.3, 0.4) is 0 Å². The molecular weight excluding hydrogens is 234 g/mol. The molecule has 2 nitrogen and oxygen atoms in total. The Kier molecular flexibility index (Phi) is 7.09. The second-order valence-corrected chi connectivity index (χ2v) is 7.06. The highest BCUT2D eigenvalue weighted by Crippen LogP contribution is 2.25. The molecule has 0 fully saturated rings. The molecule has 0 heterocycles. The van der Waals surface area contributed by atoms with Crippen LogP contribution in [0.2, 0.25) is 0 Å². The van der Waals surface area contributed by atoms with Gasteiger partial charge in [-0.05, 0) is 51.9 Å². The molecule has 0 amide bonds. The number of nitrogens with one attached hydrogen (secondary N) is 1. The minimum atomic E-state index is 0.177. The topological polar surface area (TPSA) is 21.3 Å². The van der Waals surface area contributed by atoms with Crippen molar-refractivity contribution in [3.8, 4) is 0 Å². The van der Waals surface area contributed by atoms with Crippen LogP contribution in [0.5, 0.6) is 0 Å². The lowest BCUT2D eigenvalue weighted by molar-refractivity contribution is 0.00936. The summed E-state index contributed by atoms with van der Waals surface area (Å²) < 4.78 is 6.19. The first-order valence-corrected chi connectivity index (χ1v) is 7.94. The van der Waals surface area contributed by atoms with Gasteiger partial charge in [-0.3, -0.25) is 0 Å². The van der Waals surface area contributed by atoms with Crippen molar-refractivity contribution >= 4 is 0 Å². The highest BCUT2D eigenvalue weighted by atomic mass is 16.5. The van der Waals surface area contributed by atoms with Gasteiger partial charge in [0.05, 0.1) is 12.7 Å². The van der Waals surface area contributed by atoms with Crippen molar-refractivity contribution in [3.63, 3.8) is 0 Å². The fraction of sp³-hybridized carbons (Fsp3) is 0.882. The van der Waals surface area contributed by atoms with E-state index in [4.69, 9.17) is 4.74 Å². The molecule has 0 saturated heterocycles. The van der Waals surface area contributed by atoms with Gasteiger partial charge in [0.15, 0.2) is 0 Å². The lowest BCUT2D eigenvalue weighted by Gasteiger charge is -2.29. The Labute approximate surface area is 120 Å². The van der Waals surface area contributed by atoms with Gasteiger partial charge in [-0.1, -0.05) is 32.4 Å². The molecule has 0 radical (unpaired) electrons. The number of allylic oxidation sites excluding steroid dienone is 2. The lowest BCUT2D eigenvalue weighted by Crippen LogP contribution is -2.42. The predicted molar refractivity (Wildman–Crippen MR) is 83.4 cm³/mol. The molecule has 0 aromatic carbocycles. The largest absolute Gasteiger partial charge is 0.377 e. The van der Waals surface area contributed by atoms with Gasteiger partial charge >= 0.3 is 0 Å². The lowest BCUT2D eigenvalue weighted by atomic mass is 9.85. The van der Waals surface area contributed by atoms with E-state index in [1.165, 1.54) is 19.3 Å². The Morgan fingerprint density at radius 3 is 2.53 bits per heavy atom. The van der Waals surface area contributed by atoms with Crippen molar-refractivity contribution in [2.75, 3.05) is 13.2 Å². The zero-order valence-corrected chi connectivity index (χ0v) is 13.5. The maximum absolute atomic E-state index is 6.19. The minimum absolute atomic E-state index is 0.177. The van der Waals surface area contributed by atoms with Crippen molar-refractivity contribution in [1.82, 2.24) is 5.32 Å². The second kappa shape index (κ2) is 8.06. The summed E-state index contributed by atoms with van der Waals surface area (Å²) >= 11 is 0. The third-order valence-electron chi connectivity index (χ3n) is 3.93. The summed E-state index contributed by atoms with van der Waals surface area (Å²) in [5.41, 5.74) is 0.177. The summed E-state index contributed by atoms with van der Waals surface area (Å²) in [4.78, 5) is 0. The van der Waals surface area contributed by atoms with Gasteiger partial charge in [0.2, 0.25) is 0 Å². The van der Waals surface area contributed by atoms with Crippen LogP contribution in [0.25, 0.3) is 0 Å². The van der Waals surface area contributed by atoms with Crippen molar-refractivity contribution in [3.05, 3.63) is 12.2 Å². The van der Waals surface area contributed by atoms with Gasteiger partial charge in [0.25, 0.3) is 0 Å². The minimum Gasteiger partial charge on any atom is -0.377 e. The van der Waals surface area contributed by atoms with Crippen LogP contribution >= 0.6 is 0 Å². The Bertz CT molecular complexity index is 267. The molecule has 1 aliphatic rings. The fourth-order valence-electron chi connectivity index (χ4n) is 2.48. The predicted octanol–water partition coefficient (Wildman–Crippen LogP) is 4.16. The van der Waals surface area contributed by atoms with Crippen molar-refractivity contribution in [1.29, 1.82) is 0 Å². The second-order valence-electron chi connectivity index (χ2n) is 7.06. The first-order chi connectivity index (χ1) is 8.92. The summed E-state index contributed by atoms with van der Waals surface area (Å²) in [6.07, 6.45) is 9.74. The van der Waals surface area contributed by atoms with E-state index in [2.05, 4.69) is 52.1 Å². The molecule has 0 spiro atoms. The Hall–Kier alpha value is -0.340. The maximum atomic E-state index is 6.19. The Balaban J connectivity index is 2.34. The average Bonchev–Trinajstić information content (AvgIpc) is 2.33. The number of hydrogen-bond donors (Lipinski definition) is 1. The van der Waals surface area contributed by atoms with E-state index in [0.717, 1.165) is 25.5 Å². The highest BCUT2D eigenvalue weighted by Gasteiger charge is 2.21. The zero-order chi connectivity index (χ0) is 14.3. The van der Waals surface area contributed by atoms with Crippen LogP contribution in [-0.4, -0.2) is 24.8 Å². The van der Waals surface area contributed by atoms with Crippen LogP contribution in [-0.2, 0) is 4.74 Å². The molecule has 0 saturated carbocycles. The van der Waals surface area contributed by atoms with Crippen LogP contribution in [0.15, 0.2) is 12.2 Å². The van der Waals surface area contributed by atoms with E-state index in [9.17, 15) is 0 Å². The molecule has 0 aromatic heterocycles. The Morgan fingerprint density at radius 2 is 1.95 bits per heavy atom. The van der Waals surface area contributed by atoms with Crippen LogP contribution in [0.1, 0.15) is 60.3 Å². The molecule has 2 heteroatoms. The van der Waals surface area contributed by atoms with Gasteiger partial charge in [0.1, 0.15) is 0 Å². The fourth-order valence-corrected chi connectivity index (χ4v) is 2.48. The molecule has 0 bridgehead atoms. The van der Waals surface area contributed by atoms with E-state index in [1.807, 2.05) is 0 Å². The summed E-state index contributed by atoms with van der Waals surface area (Å²) in [7, 11) is 0. The Morgan fingerprint density at radius 1 is 1.26 bits per heavy atom. The van der Waals surface area contributed by atoms with E-state index in [0.29, 0.717) is 12.0 Å². The molecule has 1 aliphatic carbocycles. The van der Waals surface area contributed by atoms with E-state index >= 15 is 0 Å². The van der Waals surface area contributed by atoms with Crippen molar-refractivity contribution < 1.29 is 4.74 Å². The number of ether oxygens (including phenoxy) is 1. The summed E-state index contributed by atoms with van der Waals surface area (Å²) in [6.45, 7) is 13.1. The average molecular weight is 267 g/mol. The highest BCUT2D eigenvalue weighted by molar-refractivity contribution is 4.93. The molecular formula is C17H33NO. The van der Waals surface area contributed by atoms with Gasteiger partial charge in [-0.2, -0.15) is 0 Å². The van der Waals surface area contributed by atoms with Crippen molar-refractivity contribution in [2.24, 2.45) is 11.8 Å². The normalized spacial score (nSPS) is 25.5. The molecule has 19 heavy (non-hydrogen) atoms. The van der Waals surface area contributed by atoms with Crippen LogP contribution < -0.4 is 5.32 Å². The summed E-state index contributed by atoms with van der Waals surface area (Å²) in [6, 6.07) is 0. The van der Waals surface area contributed by atoms with E-state index < -0.39 is 0 Å². The zero-order valence-electron chi connectivity index (χ0n) is 13.5. The molecule has 112 valence electrons. The van der Waals surface area contributed by atoms with Gasteiger partial charge < -0.3 is 10.1 Å². The maximum Gasteiger partial charge on any atom is 0.0699 e. The molecule has 1 rings (SSSR count). The number of hydrogen-bond acceptors (Lipinski definition) is 2. The third-order valence-corrected chi connectivity index (χ3v) is 3.93. The van der Waals surface area contributed by atoms with Gasteiger partial charge in [-0.25, -0.2) is 0 Å². The first kappa shape index (κ1) is 16.7. The van der Waals surface area contributed by atoms with Crippen LogP contribution in [0.4, 0.5) is 0 Å².